The highest BCUT2D eigenvalue weighted by atomic mass is 32.1. The Morgan fingerprint density at radius 1 is 1.00 bits per heavy atom. The third-order valence-corrected chi connectivity index (χ3v) is 7.08. The van der Waals surface area contributed by atoms with Gasteiger partial charge < -0.3 is 10.1 Å². The Kier molecular flexibility index (Phi) is 6.58. The van der Waals surface area contributed by atoms with Crippen molar-refractivity contribution in [3.05, 3.63) is 99.3 Å². The lowest BCUT2D eigenvalue weighted by atomic mass is 10.0. The third kappa shape index (κ3) is 4.51. The fourth-order valence-corrected chi connectivity index (χ4v) is 5.19. The van der Waals surface area contributed by atoms with Gasteiger partial charge in [-0.25, -0.2) is 4.79 Å². The number of rotatable bonds is 6. The molecule has 5 aromatic rings. The Morgan fingerprint density at radius 2 is 1.73 bits per heavy atom. The molecule has 5 rings (SSSR count). The van der Waals surface area contributed by atoms with E-state index in [1.165, 1.54) is 16.0 Å². The minimum absolute atomic E-state index is 0.0197. The molecule has 7 nitrogen and oxygen atoms in total. The number of hydrogen-bond donors (Lipinski definition) is 1. The van der Waals surface area contributed by atoms with Gasteiger partial charge in [0, 0.05) is 16.3 Å². The van der Waals surface area contributed by atoms with Gasteiger partial charge in [-0.2, -0.15) is 9.78 Å². The maximum atomic E-state index is 13.7. The first kappa shape index (κ1) is 24.4. The van der Waals surface area contributed by atoms with Crippen LogP contribution in [-0.2, 0) is 4.74 Å². The van der Waals surface area contributed by atoms with Gasteiger partial charge in [-0.3, -0.25) is 9.59 Å². The number of fused-ring (bicyclic) bond motifs is 2. The lowest BCUT2D eigenvalue weighted by Gasteiger charge is -2.11. The van der Waals surface area contributed by atoms with E-state index in [0.29, 0.717) is 27.6 Å². The lowest BCUT2D eigenvalue weighted by Crippen LogP contribution is -2.25. The van der Waals surface area contributed by atoms with Gasteiger partial charge in [0.2, 0.25) is 0 Å². The van der Waals surface area contributed by atoms with E-state index >= 15 is 0 Å². The van der Waals surface area contributed by atoms with Crippen LogP contribution in [0.5, 0.6) is 0 Å². The summed E-state index contributed by atoms with van der Waals surface area (Å²) in [6, 6.07) is 20.6. The maximum Gasteiger partial charge on any atom is 0.359 e. The molecule has 2 heterocycles. The highest BCUT2D eigenvalue weighted by Gasteiger charge is 2.24. The topological polar surface area (TPSA) is 90.3 Å². The van der Waals surface area contributed by atoms with Gasteiger partial charge in [-0.05, 0) is 47.4 Å². The molecule has 0 saturated heterocycles. The summed E-state index contributed by atoms with van der Waals surface area (Å²) in [5, 5.41) is 11.6. The first-order chi connectivity index (χ1) is 17.9. The summed E-state index contributed by atoms with van der Waals surface area (Å²) >= 11 is 1.17. The lowest BCUT2D eigenvalue weighted by molar-refractivity contribution is 0.0520. The molecule has 8 heteroatoms. The molecule has 0 aliphatic carbocycles. The number of nitrogens with one attached hydrogen (secondary N) is 1. The number of thiophene rings is 1. The normalized spacial score (nSPS) is 11.2. The zero-order valence-electron chi connectivity index (χ0n) is 20.6. The number of nitrogens with zero attached hydrogens (tertiary/aromatic N) is 2. The van der Waals surface area contributed by atoms with Crippen molar-refractivity contribution in [2.75, 3.05) is 11.9 Å². The molecule has 0 aliphatic heterocycles. The fraction of sp³-hybridized carbons (Fsp3) is 0.172. The SMILES string of the molecule is CCOC(=O)c1nn(-c2ccc(C(C)C)cc2)c(=O)c2c(NC(=O)c3cccc4ccccc34)scc12. The zero-order chi connectivity index (χ0) is 26.1. The number of aromatic nitrogens is 2. The van der Waals surface area contributed by atoms with Crippen molar-refractivity contribution in [2.45, 2.75) is 26.7 Å². The van der Waals surface area contributed by atoms with Crippen molar-refractivity contribution in [2.24, 2.45) is 0 Å². The molecule has 0 bridgehead atoms. The monoisotopic (exact) mass is 511 g/mol. The van der Waals surface area contributed by atoms with Crippen molar-refractivity contribution in [1.29, 1.82) is 0 Å². The second-order valence-electron chi connectivity index (χ2n) is 8.87. The number of carbonyl (C=O) groups is 2. The standard InChI is InChI=1S/C29H25N3O4S/c1-4-36-29(35)25-23-16-37-27(30-26(33)22-11-7-9-19-8-5-6-10-21(19)22)24(23)28(34)32(31-25)20-14-12-18(13-15-20)17(2)3/h5-17H,4H2,1-3H3,(H,30,33). The molecule has 0 aliphatic rings. The quantitative estimate of drug-likeness (QED) is 0.276. The molecular weight excluding hydrogens is 486 g/mol. The number of benzene rings is 3. The predicted octanol–water partition coefficient (Wildman–Crippen LogP) is 6.15. The van der Waals surface area contributed by atoms with Crippen LogP contribution in [0.3, 0.4) is 0 Å². The fourth-order valence-electron chi connectivity index (χ4n) is 4.26. The Balaban J connectivity index is 1.65. The predicted molar refractivity (Wildman–Crippen MR) is 147 cm³/mol. The van der Waals surface area contributed by atoms with Crippen LogP contribution in [-0.4, -0.2) is 28.3 Å². The van der Waals surface area contributed by atoms with Gasteiger partial charge in [0.05, 0.1) is 17.7 Å². The molecule has 0 spiro atoms. The molecule has 1 N–H and O–H groups in total. The average Bonchev–Trinajstić information content (AvgIpc) is 3.32. The zero-order valence-corrected chi connectivity index (χ0v) is 21.5. The minimum Gasteiger partial charge on any atom is -0.461 e. The van der Waals surface area contributed by atoms with E-state index in [2.05, 4.69) is 24.3 Å². The van der Waals surface area contributed by atoms with Gasteiger partial charge >= 0.3 is 5.97 Å². The van der Waals surface area contributed by atoms with Gasteiger partial charge in [0.15, 0.2) is 5.69 Å². The highest BCUT2D eigenvalue weighted by molar-refractivity contribution is 7.16. The van der Waals surface area contributed by atoms with Crippen LogP contribution >= 0.6 is 11.3 Å². The van der Waals surface area contributed by atoms with E-state index in [9.17, 15) is 14.4 Å². The molecule has 0 saturated carbocycles. The maximum absolute atomic E-state index is 13.7. The molecule has 37 heavy (non-hydrogen) atoms. The highest BCUT2D eigenvalue weighted by Crippen LogP contribution is 2.32. The van der Waals surface area contributed by atoms with Crippen molar-refractivity contribution < 1.29 is 14.3 Å². The molecule has 0 unspecified atom stereocenters. The number of carbonyl (C=O) groups excluding carboxylic acids is 2. The first-order valence-corrected chi connectivity index (χ1v) is 12.9. The Morgan fingerprint density at radius 3 is 2.46 bits per heavy atom. The second-order valence-corrected chi connectivity index (χ2v) is 9.75. The van der Waals surface area contributed by atoms with E-state index in [1.807, 2.05) is 48.5 Å². The summed E-state index contributed by atoms with van der Waals surface area (Å²) in [6.07, 6.45) is 0. The summed E-state index contributed by atoms with van der Waals surface area (Å²) in [7, 11) is 0. The number of esters is 1. The number of anilines is 1. The molecule has 3 aromatic carbocycles. The number of ether oxygens (including phenoxy) is 1. The van der Waals surface area contributed by atoms with Gasteiger partial charge in [-0.1, -0.05) is 62.4 Å². The molecule has 1 amide bonds. The largest absolute Gasteiger partial charge is 0.461 e. The van der Waals surface area contributed by atoms with E-state index in [1.54, 1.807) is 30.5 Å². The van der Waals surface area contributed by atoms with Crippen molar-refractivity contribution in [1.82, 2.24) is 9.78 Å². The Labute approximate surface area is 217 Å². The summed E-state index contributed by atoms with van der Waals surface area (Å²) in [6.45, 7) is 6.04. The van der Waals surface area contributed by atoms with E-state index in [-0.39, 0.29) is 23.6 Å². The van der Waals surface area contributed by atoms with Crippen LogP contribution < -0.4 is 10.9 Å². The van der Waals surface area contributed by atoms with Crippen LogP contribution in [0.25, 0.3) is 27.2 Å². The van der Waals surface area contributed by atoms with E-state index in [4.69, 9.17) is 4.74 Å². The van der Waals surface area contributed by atoms with Crippen molar-refractivity contribution >= 4 is 49.8 Å². The van der Waals surface area contributed by atoms with Crippen molar-refractivity contribution in [3.63, 3.8) is 0 Å². The summed E-state index contributed by atoms with van der Waals surface area (Å²) in [5.74, 6) is -0.656. The molecule has 0 fully saturated rings. The average molecular weight is 512 g/mol. The van der Waals surface area contributed by atoms with Crippen LogP contribution in [0.2, 0.25) is 0 Å². The molecular formula is C29H25N3O4S. The van der Waals surface area contributed by atoms with Crippen LogP contribution in [0, 0.1) is 0 Å². The van der Waals surface area contributed by atoms with Crippen LogP contribution in [0.15, 0.2) is 76.9 Å². The minimum atomic E-state index is -0.634. The third-order valence-electron chi connectivity index (χ3n) is 6.19. The molecule has 186 valence electrons. The van der Waals surface area contributed by atoms with Crippen LogP contribution in [0.1, 0.15) is 53.1 Å². The molecule has 0 atom stereocenters. The smallest absolute Gasteiger partial charge is 0.359 e. The Bertz CT molecular complexity index is 1700. The van der Waals surface area contributed by atoms with Crippen molar-refractivity contribution in [3.8, 4) is 5.69 Å². The molecule has 0 radical (unpaired) electrons. The van der Waals surface area contributed by atoms with Gasteiger partial charge in [0.25, 0.3) is 11.5 Å². The summed E-state index contributed by atoms with van der Waals surface area (Å²) in [5.41, 5.74) is 1.70. The summed E-state index contributed by atoms with van der Waals surface area (Å²) in [4.78, 5) is 39.8. The van der Waals surface area contributed by atoms with E-state index < -0.39 is 11.5 Å². The molecule has 2 aromatic heterocycles. The Hall–Kier alpha value is -4.30. The second kappa shape index (κ2) is 9.99. The van der Waals surface area contributed by atoms with Gasteiger partial charge in [0.1, 0.15) is 5.00 Å². The van der Waals surface area contributed by atoms with Crippen LogP contribution in [0.4, 0.5) is 5.00 Å². The first-order valence-electron chi connectivity index (χ1n) is 12.0. The number of amides is 1. The summed E-state index contributed by atoms with van der Waals surface area (Å²) < 4.78 is 6.42. The van der Waals surface area contributed by atoms with Gasteiger partial charge in [-0.15, -0.1) is 11.3 Å². The number of hydrogen-bond acceptors (Lipinski definition) is 6. The van der Waals surface area contributed by atoms with E-state index in [0.717, 1.165) is 16.3 Å².